The number of fused-ring (bicyclic) bond motifs is 4. The lowest BCUT2D eigenvalue weighted by atomic mass is 10.0. The Kier molecular flexibility index (Phi) is 18.6. The van der Waals surface area contributed by atoms with Gasteiger partial charge >= 0.3 is 0 Å². The molecular weight excluding hydrogens is 1640 g/mol. The zero-order valence-corrected chi connectivity index (χ0v) is 66.9. The molecule has 12 aromatic rings. The molecule has 4 aliphatic heterocycles. The SMILES string of the molecule is [2H]C(c1ccc(F)c(Cl)c1)N1CCC([2H])(N([2H])c2ncnc3sc(Cl)nc23)CC1.[2H]c1nc(N([2H])C2([2H])C([2H])([2H])CN(C([2H])c3cc(Cl)c(F)c(C#N)c3)CC2([2H])[2H])c2c([2H])c(C([2H])(C)C)sc2n1.[2H]c1nc(N([2H])C2([2H])C([2H])([2H])CN(C([2H])c3cc(F)c(F)c(C#N)c3)CC2([2H])[2H])c2c([2H])c(Cl)sc2n1.[2H]c1nc(N([2H])C2([2H])CCN(C([2H])c3cc(Cl)c(F)c(C#N)c3)CC2)c2nc(C([2H])(C)C)sc2n1. The number of thiophene rings is 2. The molecular formula is C79H77Cl5F5N21S4. The normalized spacial score (nSPS) is 23.3. The minimum absolute atomic E-state index is 0.00813. The van der Waals surface area contributed by atoms with E-state index in [1.165, 1.54) is 73.2 Å². The lowest BCUT2D eigenvalue weighted by Crippen LogP contribution is -2.38. The van der Waals surface area contributed by atoms with Crippen LogP contribution in [0.2, 0.25) is 29.5 Å². The van der Waals surface area contributed by atoms with Crippen molar-refractivity contribution >= 4 is 168 Å². The first-order valence-corrected chi connectivity index (χ1v) is 39.2. The first kappa shape index (κ1) is 55.2. The molecule has 4 atom stereocenters. The van der Waals surface area contributed by atoms with E-state index in [0.717, 1.165) is 61.3 Å². The highest BCUT2D eigenvalue weighted by Crippen LogP contribution is 2.37. The van der Waals surface area contributed by atoms with Crippen LogP contribution < -0.4 is 21.2 Å². The van der Waals surface area contributed by atoms with Crippen molar-refractivity contribution in [1.29, 1.82) is 15.8 Å². The summed E-state index contributed by atoms with van der Waals surface area (Å²) >= 11 is 33.7. The van der Waals surface area contributed by atoms with Crippen LogP contribution in [0.4, 0.5) is 45.2 Å². The second-order valence-electron chi connectivity index (χ2n) is 25.3. The molecule has 4 aromatic carbocycles. The molecule has 12 heterocycles. The highest BCUT2D eigenvalue weighted by Gasteiger charge is 2.28. The fourth-order valence-electron chi connectivity index (χ4n) is 11.2. The predicted molar refractivity (Wildman–Crippen MR) is 446 cm³/mol. The molecule has 4 unspecified atom stereocenters. The molecule has 35 heteroatoms. The minimum Gasteiger partial charge on any atom is -0.367 e. The van der Waals surface area contributed by atoms with Crippen molar-refractivity contribution in [2.24, 2.45) is 0 Å². The van der Waals surface area contributed by atoms with Gasteiger partial charge in [0.15, 0.2) is 45.0 Å². The quantitative estimate of drug-likeness (QED) is 0.0582. The number of rotatable bonds is 18. The highest BCUT2D eigenvalue weighted by molar-refractivity contribution is 7.22. The van der Waals surface area contributed by atoms with Gasteiger partial charge in [-0.05, 0) is 140 Å². The summed E-state index contributed by atoms with van der Waals surface area (Å²) in [6.45, 7) is 0.0534. The van der Waals surface area contributed by atoms with Gasteiger partial charge in [-0.1, -0.05) is 114 Å². The van der Waals surface area contributed by atoms with Crippen molar-refractivity contribution in [3.8, 4) is 18.2 Å². The summed E-state index contributed by atoms with van der Waals surface area (Å²) in [4.78, 5) is 47.5. The van der Waals surface area contributed by atoms with Crippen molar-refractivity contribution in [3.63, 3.8) is 0 Å². The fraction of sp³-hybridized carbons (Fsp3) is 0.380. The molecule has 0 radical (unpaired) electrons. The van der Waals surface area contributed by atoms with Crippen LogP contribution in [0.25, 0.3) is 41.1 Å². The van der Waals surface area contributed by atoms with Crippen LogP contribution in [0.15, 0.2) is 91.9 Å². The average Bonchev–Trinajstić information content (AvgIpc) is 1.62. The second kappa shape index (κ2) is 38.5. The maximum absolute atomic E-state index is 14.1. The van der Waals surface area contributed by atoms with E-state index in [1.54, 1.807) is 37.0 Å². The Morgan fingerprint density at radius 1 is 0.491 bits per heavy atom. The van der Waals surface area contributed by atoms with Crippen molar-refractivity contribution in [2.45, 2.75) is 141 Å². The van der Waals surface area contributed by atoms with Crippen molar-refractivity contribution in [3.05, 3.63) is 194 Å². The average molecular weight is 1750 g/mol. The molecule has 592 valence electrons. The molecule has 8 aromatic heterocycles. The zero-order chi connectivity index (χ0) is 104. The van der Waals surface area contributed by atoms with Gasteiger partial charge in [0.2, 0.25) is 0 Å². The molecule has 0 bridgehead atoms. The maximum Gasteiger partial charge on any atom is 0.186 e. The van der Waals surface area contributed by atoms with Gasteiger partial charge in [-0.15, -0.1) is 22.7 Å². The number of anilines is 4. The van der Waals surface area contributed by atoms with Crippen LogP contribution >= 0.6 is 103 Å². The Morgan fingerprint density at radius 3 is 1.45 bits per heavy atom. The monoisotopic (exact) mass is 1740 g/mol. The molecule has 16 rings (SSSR count). The maximum atomic E-state index is 14.1. The number of nitrogens with zero attached hydrogens (tertiary/aromatic N) is 17. The number of hydrogen-bond acceptors (Lipinski definition) is 25. The first-order valence-electron chi connectivity index (χ1n) is 47.6. The molecule has 4 aliphatic rings. The molecule has 0 spiro atoms. The summed E-state index contributed by atoms with van der Waals surface area (Å²) < 4.78 is 300. The van der Waals surface area contributed by atoms with Crippen LogP contribution in [-0.4, -0.2) is 146 Å². The van der Waals surface area contributed by atoms with Gasteiger partial charge in [0, 0.05) is 132 Å². The van der Waals surface area contributed by atoms with Crippen LogP contribution in [0.3, 0.4) is 0 Å². The Balaban J connectivity index is 0.000000159. The zero-order valence-electron chi connectivity index (χ0n) is 86.9. The van der Waals surface area contributed by atoms with E-state index in [1.807, 2.05) is 4.90 Å². The van der Waals surface area contributed by atoms with Gasteiger partial charge in [0.1, 0.15) is 95.4 Å². The van der Waals surface area contributed by atoms with Crippen molar-refractivity contribution in [1.82, 2.24) is 69.4 Å². The van der Waals surface area contributed by atoms with Crippen molar-refractivity contribution in [2.75, 3.05) is 73.6 Å². The summed E-state index contributed by atoms with van der Waals surface area (Å²) in [6.07, 6.45) is -10.6. The van der Waals surface area contributed by atoms with E-state index in [0.29, 0.717) is 67.8 Å². The Hall–Kier alpha value is -8.49. The first-order chi connectivity index (χ1) is 65.4. The summed E-state index contributed by atoms with van der Waals surface area (Å²) in [6, 6.07) is 6.23. The molecule has 21 nitrogen and oxygen atoms in total. The standard InChI is InChI=1S/C22H23ClFN5S.C21H22ClFN6S.C19H16ClF2N5S.C17H16Cl2FN5S/c1-13(2)19-9-17-21(26-12-27-22(17)30-19)28-16-3-5-29(6-4-16)11-14-7-15(10-25)20(24)18(23)8-14;1-12(2)20-28-18-19(25-11-26-21(18)30-20)27-15-3-5-29(6-4-15)10-13-7-14(9-24)17(23)16(22)8-13;20-16-7-14-18(24-10-25-19(14)28-16)26-13-1-3-27(4-2-13)9-11-5-12(8-23)17(22)15(21)6-11;18-12-7-10(1-2-13(12)20)8-25-5-3-11(4-6-25)23-15-14-16(22-9-21-15)26-17(19)24-14/h7-9,12-13,16H,3-6,11H2,1-2H3,(H,26,27,28);7-8,11-12,15H,3-6,10H2,1-2H3,(H,25,26,27);5-7,10,13H,1-4,9H2,(H,24,25,26);1-2,7,9,11H,3-6,8H2,(H,21,22,23)/i3D2,4D2,9D,11D,12D,13D,16D;10D,11D,12D,15D;1D2,2D2,7D,9D,10D,13D;8D,11D/hD4. The highest BCUT2D eigenvalue weighted by atomic mass is 35.5. The van der Waals surface area contributed by atoms with E-state index in [9.17, 15) is 27.2 Å². The second-order valence-corrected chi connectivity index (χ2v) is 31.7. The number of aromatic nitrogens is 10. The van der Waals surface area contributed by atoms with Gasteiger partial charge in [-0.3, -0.25) is 19.6 Å². The third kappa shape index (κ3) is 21.2. The van der Waals surface area contributed by atoms with E-state index >= 15 is 0 Å². The minimum atomic E-state index is -3.02. The van der Waals surface area contributed by atoms with Crippen LogP contribution in [0.5, 0.6) is 0 Å². The van der Waals surface area contributed by atoms with E-state index < -0.39 is 183 Å². The van der Waals surface area contributed by atoms with Crippen LogP contribution in [0.1, 0.15) is 171 Å². The number of thiazole rings is 2. The lowest BCUT2D eigenvalue weighted by Gasteiger charge is -2.32. The molecule has 0 aliphatic carbocycles. The van der Waals surface area contributed by atoms with Crippen molar-refractivity contribution < 1.29 is 59.1 Å². The number of nitrogens with one attached hydrogen (secondary N) is 4. The van der Waals surface area contributed by atoms with Gasteiger partial charge in [0.25, 0.3) is 0 Å². The van der Waals surface area contributed by atoms with Gasteiger partial charge in [0.05, 0.1) is 60.1 Å². The van der Waals surface area contributed by atoms with E-state index in [-0.39, 0.29) is 128 Å². The Labute approximate surface area is 734 Å². The summed E-state index contributed by atoms with van der Waals surface area (Å²) in [5.41, 5.74) is 0.0853. The summed E-state index contributed by atoms with van der Waals surface area (Å²) in [5, 5.41) is 29.3. The largest absolute Gasteiger partial charge is 0.367 e. The predicted octanol–water partition coefficient (Wildman–Crippen LogP) is 19.7. The molecule has 4 saturated heterocycles. The van der Waals surface area contributed by atoms with Crippen LogP contribution in [-0.2, 0) is 26.1 Å². The number of nitriles is 3. The van der Waals surface area contributed by atoms with E-state index in [4.69, 9.17) is 106 Å². The molecule has 4 N–H and O–H groups in total. The number of halogens is 10. The smallest absolute Gasteiger partial charge is 0.186 e. The van der Waals surface area contributed by atoms with E-state index in [2.05, 4.69) is 49.8 Å². The third-order valence-electron chi connectivity index (χ3n) is 16.8. The Morgan fingerprint density at radius 2 is 0.930 bits per heavy atom. The topological polar surface area (TPSA) is 261 Å². The van der Waals surface area contributed by atoms with Gasteiger partial charge < -0.3 is 21.2 Å². The number of hydrogen-bond donors (Lipinski definition) is 4. The van der Waals surface area contributed by atoms with Gasteiger partial charge in [-0.2, -0.15) is 15.8 Å². The fourth-order valence-corrected chi connectivity index (χ4v) is 15.5. The van der Waals surface area contributed by atoms with Crippen LogP contribution in [0, 0.1) is 63.1 Å². The van der Waals surface area contributed by atoms with Gasteiger partial charge in [-0.25, -0.2) is 71.8 Å². The summed E-state index contributed by atoms with van der Waals surface area (Å²) in [5.74, 6) is -8.16. The number of likely N-dealkylation sites (tertiary alicyclic amines) is 4. The molecule has 0 amide bonds. The third-order valence-corrected chi connectivity index (χ3v) is 22.2. The molecule has 114 heavy (non-hydrogen) atoms. The lowest BCUT2D eigenvalue weighted by molar-refractivity contribution is 0.211. The number of benzene rings is 4. The molecule has 4 fully saturated rings. The number of piperidine rings is 4. The Bertz CT molecular complexity index is 6930. The molecule has 0 saturated carbocycles. The summed E-state index contributed by atoms with van der Waals surface area (Å²) in [7, 11) is 0.